The first-order valence-corrected chi connectivity index (χ1v) is 10.3. The zero-order chi connectivity index (χ0) is 20.2. The molecule has 1 aliphatic rings. The van der Waals surface area contributed by atoms with Gasteiger partial charge in [0.15, 0.2) is 0 Å². The molecule has 150 valence electrons. The van der Waals surface area contributed by atoms with Gasteiger partial charge in [0.2, 0.25) is 5.95 Å². The van der Waals surface area contributed by atoms with Crippen LogP contribution in [-0.4, -0.2) is 53.1 Å². The van der Waals surface area contributed by atoms with Crippen LogP contribution in [0.25, 0.3) is 22.0 Å². The Labute approximate surface area is 171 Å². The van der Waals surface area contributed by atoms with E-state index < -0.39 is 0 Å². The van der Waals surface area contributed by atoms with Gasteiger partial charge in [-0.2, -0.15) is 0 Å². The van der Waals surface area contributed by atoms with E-state index in [9.17, 15) is 4.79 Å². The summed E-state index contributed by atoms with van der Waals surface area (Å²) in [6.07, 6.45) is 2.71. The summed E-state index contributed by atoms with van der Waals surface area (Å²) in [4.78, 5) is 25.6. The molecular weight excluding hydrogens is 362 g/mol. The predicted molar refractivity (Wildman–Crippen MR) is 117 cm³/mol. The molecule has 1 fully saturated rings. The van der Waals surface area contributed by atoms with Crippen molar-refractivity contribution in [3.8, 4) is 11.3 Å². The quantitative estimate of drug-likeness (QED) is 0.718. The van der Waals surface area contributed by atoms with Gasteiger partial charge in [0.05, 0.1) is 5.69 Å². The molecule has 0 bridgehead atoms. The molecule has 0 aliphatic carbocycles. The molecule has 0 radical (unpaired) electrons. The average Bonchev–Trinajstić information content (AvgIpc) is 3.23. The molecule has 1 aliphatic heterocycles. The van der Waals surface area contributed by atoms with Crippen LogP contribution in [0.4, 0.5) is 10.7 Å². The Bertz CT molecular complexity index is 1000. The van der Waals surface area contributed by atoms with E-state index in [1.54, 1.807) is 4.90 Å². The third-order valence-electron chi connectivity index (χ3n) is 5.54. The van der Waals surface area contributed by atoms with Crippen molar-refractivity contribution in [2.24, 2.45) is 0 Å². The van der Waals surface area contributed by atoms with Gasteiger partial charge in [-0.05, 0) is 43.2 Å². The minimum absolute atomic E-state index is 0.00711. The number of aromatic nitrogens is 2. The van der Waals surface area contributed by atoms with E-state index in [0.29, 0.717) is 0 Å². The molecule has 1 aromatic heterocycles. The zero-order valence-corrected chi connectivity index (χ0v) is 17.0. The van der Waals surface area contributed by atoms with Crippen molar-refractivity contribution in [3.63, 3.8) is 0 Å². The number of fused-ring (bicyclic) bond motifs is 1. The van der Waals surface area contributed by atoms with E-state index in [4.69, 9.17) is 4.98 Å². The number of nitrogens with one attached hydrogen (secondary N) is 1. The number of anilines is 1. The Morgan fingerprint density at radius 2 is 1.93 bits per heavy atom. The Morgan fingerprint density at radius 1 is 1.14 bits per heavy atom. The number of nitrogens with zero attached hydrogens (tertiary/aromatic N) is 4. The molecule has 2 amide bonds. The molecule has 2 heterocycles. The third-order valence-corrected chi connectivity index (χ3v) is 5.54. The first kappa shape index (κ1) is 19.2. The van der Waals surface area contributed by atoms with Gasteiger partial charge in [0.1, 0.15) is 0 Å². The molecule has 0 saturated carbocycles. The van der Waals surface area contributed by atoms with E-state index in [0.717, 1.165) is 49.8 Å². The van der Waals surface area contributed by atoms with Crippen LogP contribution in [0.3, 0.4) is 0 Å². The van der Waals surface area contributed by atoms with Crippen molar-refractivity contribution in [2.75, 3.05) is 31.1 Å². The first-order valence-electron chi connectivity index (χ1n) is 10.3. The zero-order valence-electron chi connectivity index (χ0n) is 17.0. The van der Waals surface area contributed by atoms with Crippen LogP contribution in [0.1, 0.15) is 20.3 Å². The van der Waals surface area contributed by atoms with Crippen molar-refractivity contribution in [1.29, 1.82) is 0 Å². The van der Waals surface area contributed by atoms with E-state index in [-0.39, 0.29) is 12.1 Å². The number of amides is 2. The maximum Gasteiger partial charge on any atom is 0.317 e. The minimum atomic E-state index is 0.00711. The molecule has 1 N–H and O–H groups in total. The van der Waals surface area contributed by atoms with Crippen LogP contribution >= 0.6 is 0 Å². The van der Waals surface area contributed by atoms with Gasteiger partial charge in [-0.1, -0.05) is 36.4 Å². The molecule has 3 aromatic rings. The highest BCUT2D eigenvalue weighted by Crippen LogP contribution is 2.25. The standard InChI is InChI=1S/C23H27N5O/c1-3-27(4-2)23(29)25-20-12-14-28(16-20)22-24-13-11-21(26-22)19-10-9-17-7-5-6-8-18(17)15-19/h5-11,13,15,20H,3-4,12,14,16H2,1-2H3,(H,25,29). The van der Waals surface area contributed by atoms with Gasteiger partial charge in [-0.15, -0.1) is 0 Å². The summed E-state index contributed by atoms with van der Waals surface area (Å²) < 4.78 is 0. The maximum atomic E-state index is 12.3. The SMILES string of the molecule is CCN(CC)C(=O)NC1CCN(c2nccc(-c3ccc4ccccc4c3)n2)C1. The summed E-state index contributed by atoms with van der Waals surface area (Å²) in [6, 6.07) is 16.8. The number of urea groups is 1. The highest BCUT2D eigenvalue weighted by molar-refractivity contribution is 5.86. The lowest BCUT2D eigenvalue weighted by atomic mass is 10.1. The highest BCUT2D eigenvalue weighted by atomic mass is 16.2. The van der Waals surface area contributed by atoms with E-state index in [1.807, 2.05) is 38.2 Å². The highest BCUT2D eigenvalue weighted by Gasteiger charge is 2.26. The second kappa shape index (κ2) is 8.47. The lowest BCUT2D eigenvalue weighted by Crippen LogP contribution is -2.45. The Kier molecular flexibility index (Phi) is 5.60. The van der Waals surface area contributed by atoms with Crippen molar-refractivity contribution >= 4 is 22.8 Å². The van der Waals surface area contributed by atoms with Gasteiger partial charge in [-0.3, -0.25) is 0 Å². The average molecular weight is 390 g/mol. The number of rotatable bonds is 5. The second-order valence-electron chi connectivity index (χ2n) is 7.36. The largest absolute Gasteiger partial charge is 0.339 e. The number of benzene rings is 2. The fourth-order valence-electron chi connectivity index (χ4n) is 3.85. The Hall–Kier alpha value is -3.15. The van der Waals surface area contributed by atoms with Gasteiger partial charge in [0, 0.05) is 44.0 Å². The third kappa shape index (κ3) is 4.16. The van der Waals surface area contributed by atoms with Gasteiger partial charge in [0.25, 0.3) is 0 Å². The van der Waals surface area contributed by atoms with E-state index in [2.05, 4.69) is 45.5 Å². The smallest absolute Gasteiger partial charge is 0.317 e. The molecule has 1 saturated heterocycles. The maximum absolute atomic E-state index is 12.3. The minimum Gasteiger partial charge on any atom is -0.339 e. The molecule has 29 heavy (non-hydrogen) atoms. The number of carbonyl (C=O) groups excluding carboxylic acids is 1. The lowest BCUT2D eigenvalue weighted by Gasteiger charge is -2.22. The van der Waals surface area contributed by atoms with Crippen LogP contribution in [0, 0.1) is 0 Å². The van der Waals surface area contributed by atoms with Gasteiger partial charge < -0.3 is 15.1 Å². The fraction of sp³-hybridized carbons (Fsp3) is 0.348. The first-order chi connectivity index (χ1) is 14.2. The molecule has 0 spiro atoms. The molecule has 1 unspecified atom stereocenters. The second-order valence-corrected chi connectivity index (χ2v) is 7.36. The van der Waals surface area contributed by atoms with E-state index in [1.165, 1.54) is 10.8 Å². The van der Waals surface area contributed by atoms with Crippen LogP contribution in [0.15, 0.2) is 54.7 Å². The molecular formula is C23H27N5O. The molecule has 1 atom stereocenters. The fourth-order valence-corrected chi connectivity index (χ4v) is 3.85. The number of hydrogen-bond donors (Lipinski definition) is 1. The number of hydrogen-bond acceptors (Lipinski definition) is 4. The summed E-state index contributed by atoms with van der Waals surface area (Å²) in [6.45, 7) is 7.00. The van der Waals surface area contributed by atoms with Crippen LogP contribution in [0.2, 0.25) is 0 Å². The summed E-state index contributed by atoms with van der Waals surface area (Å²) in [5, 5.41) is 5.56. The molecule has 6 heteroatoms. The summed E-state index contributed by atoms with van der Waals surface area (Å²) in [5.41, 5.74) is 1.99. The van der Waals surface area contributed by atoms with Crippen molar-refractivity contribution in [2.45, 2.75) is 26.3 Å². The van der Waals surface area contributed by atoms with Crippen LogP contribution in [0.5, 0.6) is 0 Å². The van der Waals surface area contributed by atoms with Crippen molar-refractivity contribution < 1.29 is 4.79 Å². The molecule has 6 nitrogen and oxygen atoms in total. The predicted octanol–water partition coefficient (Wildman–Crippen LogP) is 3.93. The summed E-state index contributed by atoms with van der Waals surface area (Å²) in [7, 11) is 0. The van der Waals surface area contributed by atoms with Gasteiger partial charge >= 0.3 is 6.03 Å². The topological polar surface area (TPSA) is 61.4 Å². The van der Waals surface area contributed by atoms with E-state index >= 15 is 0 Å². The summed E-state index contributed by atoms with van der Waals surface area (Å²) in [5.74, 6) is 0.718. The lowest BCUT2D eigenvalue weighted by molar-refractivity contribution is 0.200. The van der Waals surface area contributed by atoms with Crippen LogP contribution < -0.4 is 10.2 Å². The Morgan fingerprint density at radius 3 is 2.72 bits per heavy atom. The van der Waals surface area contributed by atoms with Crippen molar-refractivity contribution in [3.05, 3.63) is 54.7 Å². The normalized spacial score (nSPS) is 16.2. The number of carbonyl (C=O) groups is 1. The molecule has 4 rings (SSSR count). The van der Waals surface area contributed by atoms with Crippen molar-refractivity contribution in [1.82, 2.24) is 20.2 Å². The summed E-state index contributed by atoms with van der Waals surface area (Å²) >= 11 is 0. The molecule has 2 aromatic carbocycles. The van der Waals surface area contributed by atoms with Gasteiger partial charge in [-0.25, -0.2) is 14.8 Å². The van der Waals surface area contributed by atoms with Crippen LogP contribution in [-0.2, 0) is 0 Å². The Balaban J connectivity index is 1.48. The monoisotopic (exact) mass is 389 g/mol.